The van der Waals surface area contributed by atoms with Crippen LogP contribution in [0.1, 0.15) is 24.0 Å². The standard InChI is InChI=1S/C24H20F2N6O/c1-2-33-17-9-6-15(7-10-17)20-11-8-16(30-31-20)13-32-14-22-21(12-27-32)28-24(29-22)18-4-3-5-19(25)23(18)26/h3-12H,2,13-14H2,1H3,(H,28,29). The summed E-state index contributed by atoms with van der Waals surface area (Å²) in [6, 6.07) is 15.5. The van der Waals surface area contributed by atoms with Crippen LogP contribution in [0.2, 0.25) is 0 Å². The van der Waals surface area contributed by atoms with Crippen molar-refractivity contribution >= 4 is 6.21 Å². The normalized spacial score (nSPS) is 12.6. The Balaban J connectivity index is 1.27. The molecule has 166 valence electrons. The SMILES string of the molecule is CCOc1ccc(-c2ccc(CN3Cc4[nH]c(-c5cccc(F)c5F)nc4C=N3)nn2)cc1. The molecule has 1 aliphatic rings. The number of aromatic amines is 1. The fourth-order valence-electron chi connectivity index (χ4n) is 3.59. The Morgan fingerprint density at radius 1 is 1.03 bits per heavy atom. The van der Waals surface area contributed by atoms with Gasteiger partial charge >= 0.3 is 0 Å². The van der Waals surface area contributed by atoms with Crippen LogP contribution in [0.15, 0.2) is 59.7 Å². The molecule has 0 fully saturated rings. The summed E-state index contributed by atoms with van der Waals surface area (Å²) in [4.78, 5) is 7.43. The van der Waals surface area contributed by atoms with Crippen molar-refractivity contribution in [2.75, 3.05) is 6.61 Å². The summed E-state index contributed by atoms with van der Waals surface area (Å²) in [5, 5.41) is 14.8. The average Bonchev–Trinajstić information content (AvgIpc) is 3.25. The van der Waals surface area contributed by atoms with Crippen molar-refractivity contribution in [3.63, 3.8) is 0 Å². The maximum atomic E-state index is 14.1. The van der Waals surface area contributed by atoms with Crippen molar-refractivity contribution in [2.24, 2.45) is 5.10 Å². The summed E-state index contributed by atoms with van der Waals surface area (Å²) < 4.78 is 33.2. The maximum Gasteiger partial charge on any atom is 0.169 e. The summed E-state index contributed by atoms with van der Waals surface area (Å²) in [6.07, 6.45) is 1.59. The molecule has 0 unspecified atom stereocenters. The van der Waals surface area contributed by atoms with E-state index >= 15 is 0 Å². The molecule has 0 bridgehead atoms. The van der Waals surface area contributed by atoms with E-state index in [0.717, 1.165) is 34.5 Å². The van der Waals surface area contributed by atoms with E-state index in [1.807, 2.05) is 43.3 Å². The van der Waals surface area contributed by atoms with Gasteiger partial charge in [-0.2, -0.15) is 15.3 Å². The quantitative estimate of drug-likeness (QED) is 0.470. The van der Waals surface area contributed by atoms with Crippen LogP contribution in [0.5, 0.6) is 5.75 Å². The molecule has 0 radical (unpaired) electrons. The van der Waals surface area contributed by atoms with Gasteiger partial charge in [-0.05, 0) is 55.5 Å². The molecule has 0 spiro atoms. The lowest BCUT2D eigenvalue weighted by molar-refractivity contribution is 0.261. The van der Waals surface area contributed by atoms with E-state index in [2.05, 4.69) is 25.3 Å². The highest BCUT2D eigenvalue weighted by atomic mass is 19.2. The Labute approximate surface area is 188 Å². The molecule has 0 aliphatic carbocycles. The van der Waals surface area contributed by atoms with Gasteiger partial charge in [0.05, 0.1) is 48.6 Å². The van der Waals surface area contributed by atoms with E-state index in [0.29, 0.717) is 25.4 Å². The second-order valence-corrected chi connectivity index (χ2v) is 7.49. The van der Waals surface area contributed by atoms with Crippen molar-refractivity contribution in [1.82, 2.24) is 25.2 Å². The van der Waals surface area contributed by atoms with E-state index in [9.17, 15) is 8.78 Å². The lowest BCUT2D eigenvalue weighted by atomic mass is 10.1. The van der Waals surface area contributed by atoms with Gasteiger partial charge in [0.2, 0.25) is 0 Å². The first kappa shape index (κ1) is 20.7. The third-order valence-electron chi connectivity index (χ3n) is 5.23. The number of hydrogen-bond donors (Lipinski definition) is 1. The predicted molar refractivity (Wildman–Crippen MR) is 119 cm³/mol. The largest absolute Gasteiger partial charge is 0.494 e. The number of rotatable bonds is 6. The molecular formula is C24H20F2N6O. The summed E-state index contributed by atoms with van der Waals surface area (Å²) in [7, 11) is 0. The summed E-state index contributed by atoms with van der Waals surface area (Å²) in [6.45, 7) is 3.43. The molecule has 1 aliphatic heterocycles. The highest BCUT2D eigenvalue weighted by molar-refractivity contribution is 5.80. The molecule has 2 aromatic carbocycles. The number of halogens is 2. The van der Waals surface area contributed by atoms with Crippen LogP contribution in [0, 0.1) is 11.6 Å². The van der Waals surface area contributed by atoms with E-state index in [-0.39, 0.29) is 11.4 Å². The second-order valence-electron chi connectivity index (χ2n) is 7.49. The van der Waals surface area contributed by atoms with Crippen molar-refractivity contribution < 1.29 is 13.5 Å². The van der Waals surface area contributed by atoms with Gasteiger partial charge in [0.25, 0.3) is 0 Å². The van der Waals surface area contributed by atoms with Crippen LogP contribution in [0.3, 0.4) is 0 Å². The maximum absolute atomic E-state index is 14.1. The van der Waals surface area contributed by atoms with Gasteiger partial charge in [-0.25, -0.2) is 13.8 Å². The van der Waals surface area contributed by atoms with Crippen LogP contribution in [0.25, 0.3) is 22.6 Å². The number of nitrogens with zero attached hydrogens (tertiary/aromatic N) is 5. The van der Waals surface area contributed by atoms with E-state index < -0.39 is 11.6 Å². The molecule has 4 aromatic rings. The number of nitrogens with one attached hydrogen (secondary N) is 1. The van der Waals surface area contributed by atoms with Crippen LogP contribution in [-0.4, -0.2) is 38.0 Å². The topological polar surface area (TPSA) is 79.3 Å². The van der Waals surface area contributed by atoms with Crippen LogP contribution in [-0.2, 0) is 13.1 Å². The van der Waals surface area contributed by atoms with Gasteiger partial charge in [-0.3, -0.25) is 5.01 Å². The van der Waals surface area contributed by atoms with E-state index in [4.69, 9.17) is 4.74 Å². The average molecular weight is 446 g/mol. The van der Waals surface area contributed by atoms with Gasteiger partial charge in [0.15, 0.2) is 11.6 Å². The molecule has 5 rings (SSSR count). The molecule has 0 saturated heterocycles. The monoisotopic (exact) mass is 446 g/mol. The highest BCUT2D eigenvalue weighted by Gasteiger charge is 2.20. The number of hydrogen-bond acceptors (Lipinski definition) is 6. The molecule has 7 nitrogen and oxygen atoms in total. The molecule has 3 heterocycles. The van der Waals surface area contributed by atoms with Gasteiger partial charge in [-0.1, -0.05) is 6.07 Å². The zero-order valence-electron chi connectivity index (χ0n) is 17.8. The fraction of sp³-hybridized carbons (Fsp3) is 0.167. The van der Waals surface area contributed by atoms with Crippen molar-refractivity contribution in [1.29, 1.82) is 0 Å². The molecule has 2 aromatic heterocycles. The number of benzene rings is 2. The number of H-pyrrole nitrogens is 1. The Kier molecular flexibility index (Phi) is 5.52. The predicted octanol–water partition coefficient (Wildman–Crippen LogP) is 4.56. The van der Waals surface area contributed by atoms with Gasteiger partial charge in [0.1, 0.15) is 17.3 Å². The molecule has 0 amide bonds. The van der Waals surface area contributed by atoms with E-state index in [1.165, 1.54) is 12.1 Å². The van der Waals surface area contributed by atoms with Crippen LogP contribution >= 0.6 is 0 Å². The smallest absolute Gasteiger partial charge is 0.169 e. The van der Waals surface area contributed by atoms with Gasteiger partial charge in [0, 0.05) is 5.56 Å². The Morgan fingerprint density at radius 3 is 2.64 bits per heavy atom. The summed E-state index contributed by atoms with van der Waals surface area (Å²) >= 11 is 0. The first-order chi connectivity index (χ1) is 16.1. The third-order valence-corrected chi connectivity index (χ3v) is 5.23. The third kappa shape index (κ3) is 4.30. The van der Waals surface area contributed by atoms with E-state index in [1.54, 1.807) is 11.2 Å². The van der Waals surface area contributed by atoms with Crippen molar-refractivity contribution in [3.8, 4) is 28.4 Å². The second kappa shape index (κ2) is 8.78. The minimum Gasteiger partial charge on any atom is -0.494 e. The lowest BCUT2D eigenvalue weighted by Crippen LogP contribution is -2.22. The van der Waals surface area contributed by atoms with Gasteiger partial charge in [-0.15, -0.1) is 0 Å². The molecule has 0 saturated carbocycles. The molecule has 0 atom stereocenters. The number of ether oxygens (including phenoxy) is 1. The lowest BCUT2D eigenvalue weighted by Gasteiger charge is -2.20. The fourth-order valence-corrected chi connectivity index (χ4v) is 3.59. The van der Waals surface area contributed by atoms with Crippen molar-refractivity contribution in [2.45, 2.75) is 20.0 Å². The number of fused-ring (bicyclic) bond motifs is 1. The van der Waals surface area contributed by atoms with Crippen molar-refractivity contribution in [3.05, 3.63) is 83.3 Å². The minimum atomic E-state index is -0.930. The molecule has 9 heteroatoms. The molecule has 1 N–H and O–H groups in total. The van der Waals surface area contributed by atoms with Crippen LogP contribution < -0.4 is 4.74 Å². The summed E-state index contributed by atoms with van der Waals surface area (Å²) in [5.41, 5.74) is 3.92. The Morgan fingerprint density at radius 2 is 1.88 bits per heavy atom. The highest BCUT2D eigenvalue weighted by Crippen LogP contribution is 2.25. The number of aromatic nitrogens is 4. The number of imidazole rings is 1. The van der Waals surface area contributed by atoms with Gasteiger partial charge < -0.3 is 9.72 Å². The Hall–Kier alpha value is -4.14. The molecule has 33 heavy (non-hydrogen) atoms. The minimum absolute atomic E-state index is 0.0834. The first-order valence-electron chi connectivity index (χ1n) is 10.5. The zero-order valence-corrected chi connectivity index (χ0v) is 17.8. The zero-order chi connectivity index (χ0) is 22.8. The number of hydrazone groups is 1. The first-order valence-corrected chi connectivity index (χ1v) is 10.5. The molecular weight excluding hydrogens is 426 g/mol. The van der Waals surface area contributed by atoms with Crippen LogP contribution in [0.4, 0.5) is 8.78 Å². The Bertz CT molecular complexity index is 1300. The summed E-state index contributed by atoms with van der Waals surface area (Å²) in [5.74, 6) is -0.759.